The maximum atomic E-state index is 11.0. The molecule has 3 atom stereocenters. The van der Waals surface area contributed by atoms with Crippen LogP contribution in [-0.2, 0) is 0 Å². The van der Waals surface area contributed by atoms with Crippen molar-refractivity contribution in [3.05, 3.63) is 24.3 Å². The van der Waals surface area contributed by atoms with Crippen LogP contribution in [-0.4, -0.2) is 41.8 Å². The van der Waals surface area contributed by atoms with Crippen LogP contribution in [0.4, 0.5) is 10.5 Å². The fourth-order valence-corrected chi connectivity index (χ4v) is 3.27. The van der Waals surface area contributed by atoms with Crippen LogP contribution in [0, 0.1) is 5.92 Å². The Kier molecular flexibility index (Phi) is 2.97. The number of amides is 1. The van der Waals surface area contributed by atoms with E-state index < -0.39 is 6.09 Å². The Morgan fingerprint density at radius 2 is 2.11 bits per heavy atom. The topological polar surface area (TPSA) is 61.8 Å². The third-order valence-electron chi connectivity index (χ3n) is 4.23. The number of nitrogens with one attached hydrogen (secondary N) is 1. The lowest BCUT2D eigenvalue weighted by Crippen LogP contribution is -2.43. The monoisotopic (exact) mass is 262 g/mol. The van der Waals surface area contributed by atoms with Crippen LogP contribution in [0.5, 0.6) is 5.75 Å². The van der Waals surface area contributed by atoms with E-state index in [4.69, 9.17) is 9.84 Å². The third kappa shape index (κ3) is 2.20. The number of fused-ring (bicyclic) bond motifs is 2. The Hall–Kier alpha value is -1.91. The first-order valence-electron chi connectivity index (χ1n) is 6.57. The van der Waals surface area contributed by atoms with E-state index in [0.717, 1.165) is 24.3 Å². The van der Waals surface area contributed by atoms with Crippen LogP contribution < -0.4 is 10.1 Å². The quantitative estimate of drug-likeness (QED) is 0.877. The first kappa shape index (κ1) is 12.1. The van der Waals surface area contributed by atoms with E-state index in [9.17, 15) is 4.79 Å². The molecule has 1 saturated heterocycles. The smallest absolute Gasteiger partial charge is 0.407 e. The molecule has 2 fully saturated rings. The van der Waals surface area contributed by atoms with Crippen molar-refractivity contribution in [2.75, 3.05) is 19.0 Å². The van der Waals surface area contributed by atoms with Crippen LogP contribution >= 0.6 is 0 Å². The summed E-state index contributed by atoms with van der Waals surface area (Å²) in [6.07, 6.45) is 1.11. The summed E-state index contributed by atoms with van der Waals surface area (Å²) in [5.41, 5.74) is 1.07. The molecule has 2 aliphatic rings. The van der Waals surface area contributed by atoms with Crippen molar-refractivity contribution in [2.45, 2.75) is 24.9 Å². The molecule has 3 unspecified atom stereocenters. The van der Waals surface area contributed by atoms with E-state index in [2.05, 4.69) is 5.32 Å². The number of benzene rings is 1. The summed E-state index contributed by atoms with van der Waals surface area (Å²) < 4.78 is 5.13. The first-order valence-corrected chi connectivity index (χ1v) is 6.57. The molecule has 0 radical (unpaired) electrons. The second-order valence-electron chi connectivity index (χ2n) is 5.30. The van der Waals surface area contributed by atoms with E-state index in [0.29, 0.717) is 18.5 Å². The summed E-state index contributed by atoms with van der Waals surface area (Å²) in [7, 11) is 1.65. The largest absolute Gasteiger partial charge is 0.497 e. The van der Waals surface area contributed by atoms with Crippen molar-refractivity contribution in [1.29, 1.82) is 0 Å². The van der Waals surface area contributed by atoms with E-state index in [1.54, 1.807) is 12.0 Å². The van der Waals surface area contributed by atoms with E-state index in [-0.39, 0.29) is 6.04 Å². The number of carboxylic acid groups (broad SMARTS) is 1. The van der Waals surface area contributed by atoms with Gasteiger partial charge < -0.3 is 20.1 Å². The van der Waals surface area contributed by atoms with Crippen LogP contribution in [0.1, 0.15) is 12.8 Å². The molecule has 2 N–H and O–H groups in total. The molecule has 1 aliphatic carbocycles. The first-order chi connectivity index (χ1) is 9.17. The van der Waals surface area contributed by atoms with Gasteiger partial charge in [-0.25, -0.2) is 4.79 Å². The molecule has 19 heavy (non-hydrogen) atoms. The molecular weight excluding hydrogens is 244 g/mol. The number of hydrogen-bond acceptors (Lipinski definition) is 3. The van der Waals surface area contributed by atoms with Gasteiger partial charge in [0.2, 0.25) is 0 Å². The predicted octanol–water partition coefficient (Wildman–Crippen LogP) is 2.25. The van der Waals surface area contributed by atoms with Crippen LogP contribution in [0.15, 0.2) is 24.3 Å². The zero-order valence-corrected chi connectivity index (χ0v) is 10.9. The highest BCUT2D eigenvalue weighted by molar-refractivity contribution is 5.66. The molecule has 102 valence electrons. The van der Waals surface area contributed by atoms with Crippen molar-refractivity contribution >= 4 is 11.8 Å². The fourth-order valence-electron chi connectivity index (χ4n) is 3.27. The highest BCUT2D eigenvalue weighted by atomic mass is 16.5. The Bertz CT molecular complexity index is 474. The summed E-state index contributed by atoms with van der Waals surface area (Å²) in [5, 5.41) is 12.6. The van der Waals surface area contributed by atoms with Crippen molar-refractivity contribution in [3.63, 3.8) is 0 Å². The number of carbonyl (C=O) groups is 1. The van der Waals surface area contributed by atoms with Gasteiger partial charge in [0.05, 0.1) is 7.11 Å². The summed E-state index contributed by atoms with van der Waals surface area (Å²) in [6, 6.07) is 8.44. The maximum Gasteiger partial charge on any atom is 0.407 e. The van der Waals surface area contributed by atoms with Crippen molar-refractivity contribution in [1.82, 2.24) is 4.90 Å². The molecule has 1 aliphatic heterocycles. The number of piperidine rings is 1. The van der Waals surface area contributed by atoms with Crippen LogP contribution in [0.3, 0.4) is 0 Å². The number of rotatable bonds is 3. The molecular formula is C14H18N2O3. The maximum absolute atomic E-state index is 11.0. The van der Waals surface area contributed by atoms with Crippen LogP contribution in [0.25, 0.3) is 0 Å². The minimum atomic E-state index is -0.782. The average Bonchev–Trinajstić information content (AvgIpc) is 2.99. The second-order valence-corrected chi connectivity index (χ2v) is 5.30. The molecule has 0 spiro atoms. The normalized spacial score (nSPS) is 28.5. The van der Waals surface area contributed by atoms with Crippen molar-refractivity contribution in [3.8, 4) is 5.75 Å². The Labute approximate surface area is 112 Å². The van der Waals surface area contributed by atoms with E-state index >= 15 is 0 Å². The van der Waals surface area contributed by atoms with Crippen LogP contribution in [0.2, 0.25) is 0 Å². The van der Waals surface area contributed by atoms with Gasteiger partial charge in [-0.15, -0.1) is 0 Å². The zero-order valence-electron chi connectivity index (χ0n) is 10.9. The SMILES string of the molecule is COc1ccc(NC2CC3CC2CN3C(=O)O)cc1. The number of ether oxygens (including phenoxy) is 1. The highest BCUT2D eigenvalue weighted by Gasteiger charge is 2.46. The Balaban J connectivity index is 1.62. The number of methoxy groups -OCH3 is 1. The summed E-state index contributed by atoms with van der Waals surface area (Å²) in [4.78, 5) is 12.6. The molecule has 3 rings (SSSR count). The average molecular weight is 262 g/mol. The molecule has 1 aromatic carbocycles. The number of nitrogens with zero attached hydrogens (tertiary/aromatic N) is 1. The molecule has 5 nitrogen and oxygen atoms in total. The summed E-state index contributed by atoms with van der Waals surface area (Å²) >= 11 is 0. The molecule has 1 aromatic rings. The molecule has 1 saturated carbocycles. The standard InChI is InChI=1S/C14H18N2O3/c1-19-12-4-2-10(3-5-12)15-13-7-11-6-9(13)8-16(11)14(17)18/h2-5,9,11,13,15H,6-8H2,1H3,(H,17,18). The molecule has 2 bridgehead atoms. The van der Waals surface area contributed by atoms with Crippen molar-refractivity contribution in [2.24, 2.45) is 5.92 Å². The highest BCUT2D eigenvalue weighted by Crippen LogP contribution is 2.39. The van der Waals surface area contributed by atoms with Gasteiger partial charge in [0.1, 0.15) is 5.75 Å². The van der Waals surface area contributed by atoms with Crippen molar-refractivity contribution < 1.29 is 14.6 Å². The minimum absolute atomic E-state index is 0.193. The Morgan fingerprint density at radius 1 is 1.37 bits per heavy atom. The number of hydrogen-bond donors (Lipinski definition) is 2. The lowest BCUT2D eigenvalue weighted by Gasteiger charge is -2.30. The summed E-state index contributed by atoms with van der Waals surface area (Å²) in [6.45, 7) is 0.661. The van der Waals surface area contributed by atoms with Gasteiger partial charge in [0.25, 0.3) is 0 Å². The fraction of sp³-hybridized carbons (Fsp3) is 0.500. The lowest BCUT2D eigenvalue weighted by atomic mass is 10.0. The van der Waals surface area contributed by atoms with E-state index in [1.165, 1.54) is 0 Å². The van der Waals surface area contributed by atoms with Gasteiger partial charge in [0, 0.05) is 24.3 Å². The minimum Gasteiger partial charge on any atom is -0.497 e. The number of anilines is 1. The lowest BCUT2D eigenvalue weighted by molar-refractivity contribution is 0.129. The van der Waals surface area contributed by atoms with Gasteiger partial charge in [0.15, 0.2) is 0 Å². The molecule has 0 aromatic heterocycles. The Morgan fingerprint density at radius 3 is 2.63 bits per heavy atom. The van der Waals surface area contributed by atoms with Gasteiger partial charge in [-0.2, -0.15) is 0 Å². The molecule has 1 heterocycles. The van der Waals surface area contributed by atoms with Gasteiger partial charge in [-0.05, 0) is 43.0 Å². The van der Waals surface area contributed by atoms with Gasteiger partial charge in [-0.1, -0.05) is 0 Å². The summed E-state index contributed by atoms with van der Waals surface area (Å²) in [5.74, 6) is 1.28. The zero-order chi connectivity index (χ0) is 13.4. The van der Waals surface area contributed by atoms with Gasteiger partial charge in [-0.3, -0.25) is 0 Å². The predicted molar refractivity (Wildman–Crippen MR) is 71.6 cm³/mol. The van der Waals surface area contributed by atoms with Gasteiger partial charge >= 0.3 is 6.09 Å². The molecule has 5 heteroatoms. The molecule has 1 amide bonds. The number of likely N-dealkylation sites (tertiary alicyclic amines) is 1. The third-order valence-corrected chi connectivity index (χ3v) is 4.23. The second kappa shape index (κ2) is 4.64. The van der Waals surface area contributed by atoms with E-state index in [1.807, 2.05) is 24.3 Å².